The summed E-state index contributed by atoms with van der Waals surface area (Å²) in [6, 6.07) is 9.19. The van der Waals surface area contributed by atoms with Gasteiger partial charge in [0.25, 0.3) is 5.91 Å². The van der Waals surface area contributed by atoms with Gasteiger partial charge in [-0.2, -0.15) is 0 Å². The average Bonchev–Trinajstić information content (AvgIpc) is 3.12. The predicted molar refractivity (Wildman–Crippen MR) is 98.1 cm³/mol. The van der Waals surface area contributed by atoms with Crippen molar-refractivity contribution in [1.29, 1.82) is 0 Å². The summed E-state index contributed by atoms with van der Waals surface area (Å²) in [7, 11) is 0. The van der Waals surface area contributed by atoms with Crippen LogP contribution in [0.15, 0.2) is 30.3 Å². The molecule has 1 aromatic carbocycles. The molecule has 3 rings (SSSR count). The Morgan fingerprint density at radius 2 is 2.00 bits per heavy atom. The highest BCUT2D eigenvalue weighted by Crippen LogP contribution is 2.26. The van der Waals surface area contributed by atoms with E-state index in [2.05, 4.69) is 5.32 Å². The lowest BCUT2D eigenvalue weighted by Crippen LogP contribution is -2.50. The fourth-order valence-corrected chi connectivity index (χ4v) is 3.59. The van der Waals surface area contributed by atoms with Crippen molar-refractivity contribution in [2.45, 2.75) is 32.2 Å². The average molecular weight is 377 g/mol. The van der Waals surface area contributed by atoms with E-state index in [4.69, 9.17) is 16.3 Å². The van der Waals surface area contributed by atoms with Gasteiger partial charge in [-0.1, -0.05) is 11.6 Å². The van der Waals surface area contributed by atoms with Crippen LogP contribution in [-0.2, 0) is 9.53 Å². The van der Waals surface area contributed by atoms with Crippen LogP contribution in [0.1, 0.15) is 34.6 Å². The van der Waals surface area contributed by atoms with Gasteiger partial charge in [-0.3, -0.25) is 9.59 Å². The topological polar surface area (TPSA) is 80.6 Å². The molecule has 2 aromatic rings. The van der Waals surface area contributed by atoms with Gasteiger partial charge < -0.3 is 19.7 Å². The molecule has 26 heavy (non-hydrogen) atoms. The number of benzene rings is 1. The van der Waals surface area contributed by atoms with Crippen LogP contribution < -0.4 is 5.32 Å². The first-order valence-corrected chi connectivity index (χ1v) is 8.76. The quantitative estimate of drug-likeness (QED) is 0.840. The van der Waals surface area contributed by atoms with Gasteiger partial charge >= 0.3 is 5.97 Å². The van der Waals surface area contributed by atoms with Crippen LogP contribution in [0, 0.1) is 13.8 Å². The van der Waals surface area contributed by atoms with Crippen molar-refractivity contribution in [2.24, 2.45) is 0 Å². The second-order valence-corrected chi connectivity index (χ2v) is 7.14. The van der Waals surface area contributed by atoms with Crippen molar-refractivity contribution in [3.05, 3.63) is 52.3 Å². The van der Waals surface area contributed by atoms with E-state index in [1.807, 2.05) is 36.6 Å². The maximum atomic E-state index is 12.9. The van der Waals surface area contributed by atoms with E-state index in [9.17, 15) is 14.7 Å². The van der Waals surface area contributed by atoms with Crippen LogP contribution in [0.2, 0.25) is 5.02 Å². The molecule has 7 heteroatoms. The number of aryl methyl sites for hydroxylation is 1. The molecule has 0 saturated carbocycles. The SMILES string of the molecule is Cc1cc(C(=O)NC2(CC(=O)O)CCOC2)c(C)n1-c1ccc(Cl)cc1. The van der Waals surface area contributed by atoms with Crippen molar-refractivity contribution in [3.63, 3.8) is 0 Å². The van der Waals surface area contributed by atoms with Crippen molar-refractivity contribution in [1.82, 2.24) is 9.88 Å². The van der Waals surface area contributed by atoms with Gasteiger partial charge in [0.15, 0.2) is 0 Å². The van der Waals surface area contributed by atoms with Crippen molar-refractivity contribution in [3.8, 4) is 5.69 Å². The summed E-state index contributed by atoms with van der Waals surface area (Å²) in [6.45, 7) is 4.44. The molecule has 1 unspecified atom stereocenters. The van der Waals surface area contributed by atoms with E-state index in [0.717, 1.165) is 17.1 Å². The monoisotopic (exact) mass is 376 g/mol. The number of rotatable bonds is 5. The number of aromatic nitrogens is 1. The Kier molecular flexibility index (Phi) is 5.07. The smallest absolute Gasteiger partial charge is 0.305 e. The molecule has 1 aliphatic heterocycles. The highest BCUT2D eigenvalue weighted by Gasteiger charge is 2.39. The Morgan fingerprint density at radius 1 is 1.31 bits per heavy atom. The van der Waals surface area contributed by atoms with Crippen LogP contribution in [0.25, 0.3) is 5.69 Å². The third-order valence-corrected chi connectivity index (χ3v) is 4.98. The highest BCUT2D eigenvalue weighted by atomic mass is 35.5. The van der Waals surface area contributed by atoms with Gasteiger partial charge in [-0.25, -0.2) is 0 Å². The van der Waals surface area contributed by atoms with E-state index in [0.29, 0.717) is 23.6 Å². The summed E-state index contributed by atoms with van der Waals surface area (Å²) < 4.78 is 7.31. The van der Waals surface area contributed by atoms with E-state index < -0.39 is 11.5 Å². The van der Waals surface area contributed by atoms with Crippen LogP contribution in [0.3, 0.4) is 0 Å². The normalized spacial score (nSPS) is 19.5. The Balaban J connectivity index is 1.89. The first-order valence-electron chi connectivity index (χ1n) is 8.38. The molecule has 2 N–H and O–H groups in total. The molecule has 1 saturated heterocycles. The molecule has 1 amide bonds. The number of carbonyl (C=O) groups excluding carboxylic acids is 1. The molecule has 1 aliphatic rings. The fraction of sp³-hybridized carbons (Fsp3) is 0.368. The van der Waals surface area contributed by atoms with Crippen LogP contribution in [-0.4, -0.2) is 40.3 Å². The van der Waals surface area contributed by atoms with Crippen molar-refractivity contribution < 1.29 is 19.4 Å². The number of hydrogen-bond donors (Lipinski definition) is 2. The summed E-state index contributed by atoms with van der Waals surface area (Å²) in [5, 5.41) is 12.7. The number of halogens is 1. The van der Waals surface area contributed by atoms with Gasteiger partial charge in [-0.05, 0) is 50.6 Å². The minimum Gasteiger partial charge on any atom is -0.481 e. The molecule has 138 valence electrons. The number of carboxylic acids is 1. The lowest BCUT2D eigenvalue weighted by atomic mass is 9.93. The molecule has 0 aliphatic carbocycles. The minimum atomic E-state index is -0.956. The standard InChI is InChI=1S/C19H21ClN2O4/c1-12-9-16(13(2)22(12)15-5-3-14(20)4-6-15)18(25)21-19(10-17(23)24)7-8-26-11-19/h3-6,9H,7-8,10-11H2,1-2H3,(H,21,25)(H,23,24). The molecule has 1 atom stereocenters. The number of aliphatic carboxylic acids is 1. The van der Waals surface area contributed by atoms with E-state index in [-0.39, 0.29) is 18.9 Å². The predicted octanol–water partition coefficient (Wildman–Crippen LogP) is 3.11. The number of hydrogen-bond acceptors (Lipinski definition) is 3. The maximum Gasteiger partial charge on any atom is 0.305 e. The van der Waals surface area contributed by atoms with E-state index >= 15 is 0 Å². The van der Waals surface area contributed by atoms with E-state index in [1.54, 1.807) is 12.1 Å². The summed E-state index contributed by atoms with van der Waals surface area (Å²) in [4.78, 5) is 24.1. The van der Waals surface area contributed by atoms with Gasteiger partial charge in [-0.15, -0.1) is 0 Å². The number of carboxylic acid groups (broad SMARTS) is 1. The summed E-state index contributed by atoms with van der Waals surface area (Å²) in [5.41, 5.74) is 2.27. The molecule has 0 radical (unpaired) electrons. The summed E-state index contributed by atoms with van der Waals surface area (Å²) in [6.07, 6.45) is 0.329. The Bertz CT molecular complexity index is 836. The number of ether oxygens (including phenoxy) is 1. The largest absolute Gasteiger partial charge is 0.481 e. The van der Waals surface area contributed by atoms with Crippen LogP contribution >= 0.6 is 11.6 Å². The lowest BCUT2D eigenvalue weighted by Gasteiger charge is -2.27. The second kappa shape index (κ2) is 7.13. The van der Waals surface area contributed by atoms with Gasteiger partial charge in [0.2, 0.25) is 0 Å². The first-order chi connectivity index (χ1) is 12.3. The van der Waals surface area contributed by atoms with Crippen LogP contribution in [0.5, 0.6) is 0 Å². The lowest BCUT2D eigenvalue weighted by molar-refractivity contribution is -0.138. The molecule has 6 nitrogen and oxygen atoms in total. The first kappa shape index (κ1) is 18.5. The zero-order valence-electron chi connectivity index (χ0n) is 14.7. The van der Waals surface area contributed by atoms with Crippen molar-refractivity contribution in [2.75, 3.05) is 13.2 Å². The van der Waals surface area contributed by atoms with E-state index in [1.165, 1.54) is 0 Å². The number of carbonyl (C=O) groups is 2. The third kappa shape index (κ3) is 3.61. The van der Waals surface area contributed by atoms with Gasteiger partial charge in [0, 0.05) is 28.7 Å². The number of nitrogens with one attached hydrogen (secondary N) is 1. The molecular formula is C19H21ClN2O4. The zero-order valence-corrected chi connectivity index (χ0v) is 15.5. The number of amides is 1. The Hall–Kier alpha value is -2.31. The number of nitrogens with zero attached hydrogens (tertiary/aromatic N) is 1. The van der Waals surface area contributed by atoms with Crippen LogP contribution in [0.4, 0.5) is 0 Å². The molecule has 0 bridgehead atoms. The molecule has 0 spiro atoms. The Labute approximate surface area is 156 Å². The molecule has 1 fully saturated rings. The fourth-order valence-electron chi connectivity index (χ4n) is 3.47. The zero-order chi connectivity index (χ0) is 18.9. The highest BCUT2D eigenvalue weighted by molar-refractivity contribution is 6.30. The second-order valence-electron chi connectivity index (χ2n) is 6.70. The molecule has 2 heterocycles. The Morgan fingerprint density at radius 3 is 2.58 bits per heavy atom. The molecule has 1 aromatic heterocycles. The maximum absolute atomic E-state index is 12.9. The minimum absolute atomic E-state index is 0.158. The van der Waals surface area contributed by atoms with Gasteiger partial charge in [0.1, 0.15) is 0 Å². The summed E-state index contributed by atoms with van der Waals surface area (Å²) >= 11 is 5.95. The van der Waals surface area contributed by atoms with Crippen molar-refractivity contribution >= 4 is 23.5 Å². The molecular weight excluding hydrogens is 356 g/mol. The summed E-state index contributed by atoms with van der Waals surface area (Å²) in [5.74, 6) is -1.24. The van der Waals surface area contributed by atoms with Gasteiger partial charge in [0.05, 0.1) is 24.1 Å². The third-order valence-electron chi connectivity index (χ3n) is 4.73.